The standard InChI is InChI=1S/C6H7BrClNS/c1-4(7)2-5-3-9-6(8)10-5/h3-4H,2H2,1H3. The zero-order valence-corrected chi connectivity index (χ0v) is 8.63. The summed E-state index contributed by atoms with van der Waals surface area (Å²) in [4.78, 5) is 5.67. The molecule has 1 rings (SSSR count). The molecule has 0 N–H and O–H groups in total. The normalized spacial score (nSPS) is 13.5. The first-order chi connectivity index (χ1) is 4.68. The van der Waals surface area contributed by atoms with E-state index in [0.717, 1.165) is 6.42 Å². The first kappa shape index (κ1) is 8.50. The lowest BCUT2D eigenvalue weighted by Gasteiger charge is -1.95. The van der Waals surface area contributed by atoms with E-state index in [1.807, 2.05) is 6.20 Å². The van der Waals surface area contributed by atoms with Crippen LogP contribution in [0.4, 0.5) is 0 Å². The molecule has 0 amide bonds. The first-order valence-electron chi connectivity index (χ1n) is 2.93. The van der Waals surface area contributed by atoms with Gasteiger partial charge in [-0.05, 0) is 6.42 Å². The molecule has 0 aliphatic heterocycles. The number of hydrogen-bond donors (Lipinski definition) is 0. The van der Waals surface area contributed by atoms with E-state index in [1.165, 1.54) is 4.88 Å². The van der Waals surface area contributed by atoms with E-state index >= 15 is 0 Å². The van der Waals surface area contributed by atoms with Crippen molar-refractivity contribution in [3.05, 3.63) is 15.5 Å². The van der Waals surface area contributed by atoms with Crippen LogP contribution in [0, 0.1) is 0 Å². The SMILES string of the molecule is CC(Br)Cc1cnc(Cl)s1. The van der Waals surface area contributed by atoms with Crippen LogP contribution in [0.25, 0.3) is 0 Å². The number of hydrogen-bond acceptors (Lipinski definition) is 2. The fourth-order valence-electron chi connectivity index (χ4n) is 0.655. The van der Waals surface area contributed by atoms with E-state index in [2.05, 4.69) is 27.8 Å². The van der Waals surface area contributed by atoms with Crippen LogP contribution in [-0.4, -0.2) is 9.81 Å². The van der Waals surface area contributed by atoms with E-state index in [1.54, 1.807) is 11.3 Å². The van der Waals surface area contributed by atoms with Gasteiger partial charge in [-0.15, -0.1) is 11.3 Å². The summed E-state index contributed by atoms with van der Waals surface area (Å²) in [6, 6.07) is 0. The molecule has 1 aromatic heterocycles. The third-order valence-corrected chi connectivity index (χ3v) is 2.47. The van der Waals surface area contributed by atoms with Crippen molar-refractivity contribution in [3.8, 4) is 0 Å². The zero-order chi connectivity index (χ0) is 7.56. The summed E-state index contributed by atoms with van der Waals surface area (Å²) in [6.45, 7) is 2.10. The lowest BCUT2D eigenvalue weighted by molar-refractivity contribution is 0.975. The van der Waals surface area contributed by atoms with Crippen LogP contribution in [0.1, 0.15) is 11.8 Å². The summed E-state index contributed by atoms with van der Waals surface area (Å²) in [6.07, 6.45) is 2.83. The monoisotopic (exact) mass is 239 g/mol. The Morgan fingerprint density at radius 1 is 1.90 bits per heavy atom. The number of rotatable bonds is 2. The average Bonchev–Trinajstić information content (AvgIpc) is 2.13. The Labute approximate surface area is 77.6 Å². The fraction of sp³-hybridized carbons (Fsp3) is 0.500. The highest BCUT2D eigenvalue weighted by molar-refractivity contribution is 9.09. The van der Waals surface area contributed by atoms with Crippen molar-refractivity contribution in [1.82, 2.24) is 4.98 Å². The molecule has 0 radical (unpaired) electrons. The Kier molecular flexibility index (Phi) is 3.14. The predicted octanol–water partition coefficient (Wildman–Crippen LogP) is 3.12. The Morgan fingerprint density at radius 2 is 2.60 bits per heavy atom. The molecule has 0 aliphatic carbocycles. The topological polar surface area (TPSA) is 12.9 Å². The van der Waals surface area contributed by atoms with Crippen molar-refractivity contribution in [3.63, 3.8) is 0 Å². The van der Waals surface area contributed by atoms with Gasteiger partial charge in [0.1, 0.15) is 0 Å². The Bertz CT molecular complexity index is 211. The van der Waals surface area contributed by atoms with Crippen LogP contribution in [0.2, 0.25) is 4.47 Å². The second-order valence-electron chi connectivity index (χ2n) is 2.06. The van der Waals surface area contributed by atoms with Crippen LogP contribution >= 0.6 is 38.9 Å². The molecule has 56 valence electrons. The van der Waals surface area contributed by atoms with Gasteiger partial charge in [-0.3, -0.25) is 0 Å². The molecule has 1 aromatic rings. The van der Waals surface area contributed by atoms with Crippen LogP contribution in [0.15, 0.2) is 6.20 Å². The van der Waals surface area contributed by atoms with Gasteiger partial charge in [-0.1, -0.05) is 34.5 Å². The van der Waals surface area contributed by atoms with E-state index in [4.69, 9.17) is 11.6 Å². The molecule has 10 heavy (non-hydrogen) atoms. The van der Waals surface area contributed by atoms with Gasteiger partial charge >= 0.3 is 0 Å². The van der Waals surface area contributed by atoms with Crippen molar-refractivity contribution < 1.29 is 0 Å². The lowest BCUT2D eigenvalue weighted by Crippen LogP contribution is -1.92. The van der Waals surface area contributed by atoms with Gasteiger partial charge in [0.05, 0.1) is 0 Å². The van der Waals surface area contributed by atoms with Gasteiger partial charge in [-0.2, -0.15) is 0 Å². The first-order valence-corrected chi connectivity index (χ1v) is 5.04. The minimum Gasteiger partial charge on any atom is -0.233 e. The molecule has 1 atom stereocenters. The second-order valence-corrected chi connectivity index (χ2v) is 5.32. The van der Waals surface area contributed by atoms with E-state index < -0.39 is 0 Å². The summed E-state index contributed by atoms with van der Waals surface area (Å²) >= 11 is 10.6. The highest BCUT2D eigenvalue weighted by Gasteiger charge is 2.02. The van der Waals surface area contributed by atoms with Gasteiger partial charge in [0, 0.05) is 15.9 Å². The molecule has 4 heteroatoms. The van der Waals surface area contributed by atoms with Gasteiger partial charge in [0.15, 0.2) is 4.47 Å². The second kappa shape index (κ2) is 3.69. The van der Waals surface area contributed by atoms with Crippen LogP contribution in [-0.2, 0) is 6.42 Å². The van der Waals surface area contributed by atoms with Crippen molar-refractivity contribution in [2.24, 2.45) is 0 Å². The fourth-order valence-corrected chi connectivity index (χ4v) is 2.32. The number of aromatic nitrogens is 1. The van der Waals surface area contributed by atoms with Crippen molar-refractivity contribution in [1.29, 1.82) is 0 Å². The van der Waals surface area contributed by atoms with Gasteiger partial charge in [0.25, 0.3) is 0 Å². The molecule has 1 nitrogen and oxygen atoms in total. The summed E-state index contributed by atoms with van der Waals surface area (Å²) in [5.41, 5.74) is 0. The molecule has 0 saturated heterocycles. The molecule has 0 bridgehead atoms. The maximum absolute atomic E-state index is 5.64. The smallest absolute Gasteiger partial charge is 0.183 e. The highest BCUT2D eigenvalue weighted by Crippen LogP contribution is 2.20. The molecule has 0 aliphatic rings. The molecule has 1 unspecified atom stereocenters. The maximum Gasteiger partial charge on any atom is 0.183 e. The van der Waals surface area contributed by atoms with Crippen LogP contribution in [0.5, 0.6) is 0 Å². The number of nitrogens with zero attached hydrogens (tertiary/aromatic N) is 1. The molecule has 0 spiro atoms. The maximum atomic E-state index is 5.64. The highest BCUT2D eigenvalue weighted by atomic mass is 79.9. The number of alkyl halides is 1. The van der Waals surface area contributed by atoms with E-state index in [9.17, 15) is 0 Å². The minimum atomic E-state index is 0.504. The minimum absolute atomic E-state index is 0.504. The van der Waals surface area contributed by atoms with Gasteiger partial charge in [0.2, 0.25) is 0 Å². The molecule has 0 aromatic carbocycles. The third kappa shape index (κ3) is 2.56. The summed E-state index contributed by atoms with van der Waals surface area (Å²) in [5.74, 6) is 0. The van der Waals surface area contributed by atoms with Crippen molar-refractivity contribution >= 4 is 38.9 Å². The molecular weight excluding hydrogens is 233 g/mol. The lowest BCUT2D eigenvalue weighted by atomic mass is 10.3. The van der Waals surface area contributed by atoms with Crippen molar-refractivity contribution in [2.45, 2.75) is 18.2 Å². The summed E-state index contributed by atoms with van der Waals surface area (Å²) in [7, 11) is 0. The Morgan fingerprint density at radius 3 is 3.00 bits per heavy atom. The molecule has 1 heterocycles. The quantitative estimate of drug-likeness (QED) is 0.724. The van der Waals surface area contributed by atoms with Crippen molar-refractivity contribution in [2.75, 3.05) is 0 Å². The Balaban J connectivity index is 2.58. The van der Waals surface area contributed by atoms with E-state index in [-0.39, 0.29) is 0 Å². The summed E-state index contributed by atoms with van der Waals surface area (Å²) < 4.78 is 0.628. The molecule has 0 saturated carbocycles. The van der Waals surface area contributed by atoms with Crippen LogP contribution in [0.3, 0.4) is 0 Å². The zero-order valence-electron chi connectivity index (χ0n) is 5.47. The van der Waals surface area contributed by atoms with Gasteiger partial charge in [-0.25, -0.2) is 4.98 Å². The van der Waals surface area contributed by atoms with Crippen LogP contribution < -0.4 is 0 Å². The van der Waals surface area contributed by atoms with E-state index in [0.29, 0.717) is 9.29 Å². The largest absolute Gasteiger partial charge is 0.233 e. The Hall–Kier alpha value is 0.400. The predicted molar refractivity (Wildman–Crippen MR) is 49.2 cm³/mol. The molecular formula is C6H7BrClNS. The van der Waals surface area contributed by atoms with Gasteiger partial charge < -0.3 is 0 Å². The average molecular weight is 241 g/mol. The number of halogens is 2. The summed E-state index contributed by atoms with van der Waals surface area (Å²) in [5, 5.41) is 0. The number of thiazole rings is 1. The molecule has 0 fully saturated rings. The third-order valence-electron chi connectivity index (χ3n) is 1.01.